The Labute approximate surface area is 138 Å². The van der Waals surface area contributed by atoms with E-state index in [-0.39, 0.29) is 11.9 Å². The number of nitrogens with one attached hydrogen (secondary N) is 1. The number of amides is 3. The predicted molar refractivity (Wildman–Crippen MR) is 90.0 cm³/mol. The molecule has 0 aliphatic carbocycles. The minimum Gasteiger partial charge on any atom is -0.370 e. The predicted octanol–water partition coefficient (Wildman–Crippen LogP) is 2.09. The van der Waals surface area contributed by atoms with Crippen molar-refractivity contribution in [3.05, 3.63) is 29.3 Å². The molecule has 0 unspecified atom stereocenters. The van der Waals surface area contributed by atoms with Gasteiger partial charge in [0.25, 0.3) is 0 Å². The van der Waals surface area contributed by atoms with Gasteiger partial charge in [0, 0.05) is 19.5 Å². The van der Waals surface area contributed by atoms with Gasteiger partial charge in [-0.3, -0.25) is 4.79 Å². The molecule has 0 bridgehead atoms. The number of hydrogen-bond acceptors (Lipinski definition) is 4. The molecule has 1 aromatic heterocycles. The van der Waals surface area contributed by atoms with Crippen LogP contribution in [0.15, 0.2) is 24.3 Å². The second-order valence-corrected chi connectivity index (χ2v) is 6.95. The van der Waals surface area contributed by atoms with Crippen molar-refractivity contribution >= 4 is 33.5 Å². The van der Waals surface area contributed by atoms with Gasteiger partial charge in [-0.1, -0.05) is 12.1 Å². The number of hydrogen-bond donors (Lipinski definition) is 2. The molecule has 1 aliphatic rings. The number of carbonyl (C=O) groups is 2. The third-order valence-corrected chi connectivity index (χ3v) is 5.16. The summed E-state index contributed by atoms with van der Waals surface area (Å²) in [6.45, 7) is 1.78. The summed E-state index contributed by atoms with van der Waals surface area (Å²) in [5.41, 5.74) is 6.19. The lowest BCUT2D eigenvalue weighted by Crippen LogP contribution is -2.44. The number of fused-ring (bicyclic) bond motifs is 1. The highest BCUT2D eigenvalue weighted by molar-refractivity contribution is 7.18. The van der Waals surface area contributed by atoms with Crippen LogP contribution in [-0.2, 0) is 11.3 Å². The second kappa shape index (κ2) is 6.95. The van der Waals surface area contributed by atoms with Crippen molar-refractivity contribution in [2.75, 3.05) is 13.1 Å². The van der Waals surface area contributed by atoms with Crippen LogP contribution in [0.4, 0.5) is 4.79 Å². The van der Waals surface area contributed by atoms with Crippen molar-refractivity contribution in [2.45, 2.75) is 25.8 Å². The second-order valence-electron chi connectivity index (χ2n) is 5.83. The highest BCUT2D eigenvalue weighted by Crippen LogP contribution is 2.22. The number of piperidine rings is 1. The lowest BCUT2D eigenvalue weighted by Gasteiger charge is -2.31. The zero-order chi connectivity index (χ0) is 16.2. The van der Waals surface area contributed by atoms with Gasteiger partial charge in [-0.05, 0) is 30.9 Å². The highest BCUT2D eigenvalue weighted by Gasteiger charge is 2.23. The molecular weight excluding hydrogens is 312 g/mol. The number of likely N-dealkylation sites (tertiary alicyclic amines) is 1. The van der Waals surface area contributed by atoms with E-state index in [2.05, 4.69) is 10.3 Å². The van der Waals surface area contributed by atoms with Crippen LogP contribution >= 0.6 is 11.3 Å². The van der Waals surface area contributed by atoms with Gasteiger partial charge in [-0.25, -0.2) is 9.78 Å². The van der Waals surface area contributed by atoms with Crippen molar-refractivity contribution in [3.8, 4) is 0 Å². The number of nitrogens with two attached hydrogens (primary N) is 1. The van der Waals surface area contributed by atoms with Gasteiger partial charge in [0.15, 0.2) is 0 Å². The van der Waals surface area contributed by atoms with Gasteiger partial charge in [0.2, 0.25) is 5.91 Å². The minimum absolute atomic E-state index is 0.0678. The summed E-state index contributed by atoms with van der Waals surface area (Å²) < 4.78 is 1.13. The molecule has 0 radical (unpaired) electrons. The van der Waals surface area contributed by atoms with Crippen molar-refractivity contribution in [1.82, 2.24) is 15.2 Å². The van der Waals surface area contributed by atoms with Gasteiger partial charge >= 0.3 is 6.03 Å². The summed E-state index contributed by atoms with van der Waals surface area (Å²) in [4.78, 5) is 29.5. The molecule has 0 spiro atoms. The number of benzene rings is 1. The van der Waals surface area contributed by atoms with Crippen molar-refractivity contribution in [2.24, 2.45) is 11.7 Å². The molecule has 1 fully saturated rings. The highest BCUT2D eigenvalue weighted by atomic mass is 32.1. The maximum Gasteiger partial charge on any atom is 0.317 e. The van der Waals surface area contributed by atoms with E-state index in [1.165, 1.54) is 0 Å². The first-order valence-electron chi connectivity index (χ1n) is 7.77. The molecule has 3 rings (SSSR count). The van der Waals surface area contributed by atoms with E-state index in [0.29, 0.717) is 32.0 Å². The molecule has 0 saturated carbocycles. The molecule has 7 heteroatoms. The number of para-hydroxylation sites is 1. The fourth-order valence-corrected chi connectivity index (χ4v) is 3.79. The van der Waals surface area contributed by atoms with Crippen LogP contribution in [0.25, 0.3) is 10.2 Å². The molecule has 0 atom stereocenters. The zero-order valence-electron chi connectivity index (χ0n) is 12.8. The van der Waals surface area contributed by atoms with E-state index < -0.39 is 0 Å². The molecule has 23 heavy (non-hydrogen) atoms. The summed E-state index contributed by atoms with van der Waals surface area (Å²) in [5.74, 6) is 0.0459. The third-order valence-electron chi connectivity index (χ3n) is 4.12. The Balaban J connectivity index is 1.49. The number of carbonyl (C=O) groups excluding carboxylic acids is 2. The van der Waals surface area contributed by atoms with Crippen LogP contribution in [0.5, 0.6) is 0 Å². The lowest BCUT2D eigenvalue weighted by atomic mass is 9.93. The van der Waals surface area contributed by atoms with Crippen LogP contribution < -0.4 is 11.1 Å². The van der Waals surface area contributed by atoms with Crippen LogP contribution in [0.2, 0.25) is 0 Å². The van der Waals surface area contributed by atoms with Gasteiger partial charge in [0.1, 0.15) is 5.01 Å². The molecule has 3 amide bonds. The lowest BCUT2D eigenvalue weighted by molar-refractivity contribution is -0.119. The van der Waals surface area contributed by atoms with Crippen LogP contribution in [0.3, 0.4) is 0 Å². The van der Waals surface area contributed by atoms with E-state index in [9.17, 15) is 9.59 Å². The number of primary amides is 1. The monoisotopic (exact) mass is 332 g/mol. The first kappa shape index (κ1) is 15.7. The molecular formula is C16H20N4O2S. The van der Waals surface area contributed by atoms with E-state index >= 15 is 0 Å². The molecule has 2 heterocycles. The molecule has 3 N–H and O–H groups in total. The summed E-state index contributed by atoms with van der Waals surface area (Å²) in [6.07, 6.45) is 2.08. The normalized spacial score (nSPS) is 15.7. The summed E-state index contributed by atoms with van der Waals surface area (Å²) in [5, 5.41) is 3.83. The number of rotatable bonds is 4. The van der Waals surface area contributed by atoms with Gasteiger partial charge in [-0.2, -0.15) is 0 Å². The molecule has 122 valence electrons. The maximum atomic E-state index is 12.2. The Bertz CT molecular complexity index is 674. The Morgan fingerprint density at radius 2 is 2.04 bits per heavy atom. The largest absolute Gasteiger partial charge is 0.370 e. The van der Waals surface area contributed by atoms with Crippen molar-refractivity contribution in [1.29, 1.82) is 0 Å². The van der Waals surface area contributed by atoms with Gasteiger partial charge < -0.3 is 16.0 Å². The van der Waals surface area contributed by atoms with Gasteiger partial charge in [0.05, 0.1) is 16.8 Å². The van der Waals surface area contributed by atoms with Crippen molar-refractivity contribution in [3.63, 3.8) is 0 Å². The standard InChI is InChI=1S/C16H20N4O2S/c17-14(21)9-11-5-7-20(8-6-11)16(22)18-10-15-19-12-3-1-2-4-13(12)23-15/h1-4,11H,5-10H2,(H2,17,21)(H,18,22). The number of thiazole rings is 1. The number of aromatic nitrogens is 1. The number of urea groups is 1. The van der Waals surface area contributed by atoms with E-state index in [1.807, 2.05) is 24.3 Å². The van der Waals surface area contributed by atoms with Gasteiger partial charge in [-0.15, -0.1) is 11.3 Å². The molecule has 1 aliphatic heterocycles. The third kappa shape index (κ3) is 3.98. The van der Waals surface area contributed by atoms with E-state index in [1.54, 1.807) is 16.2 Å². The summed E-state index contributed by atoms with van der Waals surface area (Å²) in [7, 11) is 0. The Morgan fingerprint density at radius 3 is 2.74 bits per heavy atom. The van der Waals surface area contributed by atoms with Crippen molar-refractivity contribution < 1.29 is 9.59 Å². The average Bonchev–Trinajstić information content (AvgIpc) is 2.95. The summed E-state index contributed by atoms with van der Waals surface area (Å²) in [6, 6.07) is 7.88. The first-order valence-corrected chi connectivity index (χ1v) is 8.59. The topological polar surface area (TPSA) is 88.3 Å². The Morgan fingerprint density at radius 1 is 1.30 bits per heavy atom. The fourth-order valence-electron chi connectivity index (χ4n) is 2.88. The zero-order valence-corrected chi connectivity index (χ0v) is 13.6. The Hall–Kier alpha value is -2.15. The SMILES string of the molecule is NC(=O)CC1CCN(C(=O)NCc2nc3ccccc3s2)CC1. The molecule has 1 aromatic carbocycles. The minimum atomic E-state index is -0.260. The van der Waals surface area contributed by atoms with Crippen LogP contribution in [0.1, 0.15) is 24.3 Å². The number of nitrogens with zero attached hydrogens (tertiary/aromatic N) is 2. The molecule has 2 aromatic rings. The molecule has 1 saturated heterocycles. The Kier molecular flexibility index (Phi) is 4.76. The van der Waals surface area contributed by atoms with Crippen LogP contribution in [-0.4, -0.2) is 34.9 Å². The smallest absolute Gasteiger partial charge is 0.317 e. The van der Waals surface area contributed by atoms with E-state index in [4.69, 9.17) is 5.73 Å². The maximum absolute atomic E-state index is 12.2. The fraction of sp³-hybridized carbons (Fsp3) is 0.438. The quantitative estimate of drug-likeness (QED) is 0.898. The molecule has 6 nitrogen and oxygen atoms in total. The summed E-state index contributed by atoms with van der Waals surface area (Å²) >= 11 is 1.60. The first-order chi connectivity index (χ1) is 11.1. The average molecular weight is 332 g/mol. The van der Waals surface area contributed by atoms with E-state index in [0.717, 1.165) is 28.1 Å². The van der Waals surface area contributed by atoms with Crippen LogP contribution in [0, 0.1) is 5.92 Å².